The van der Waals surface area contributed by atoms with Crippen molar-refractivity contribution in [1.82, 2.24) is 5.16 Å². The van der Waals surface area contributed by atoms with E-state index in [1.807, 2.05) is 12.1 Å². The van der Waals surface area contributed by atoms with Crippen LogP contribution < -0.4 is 4.72 Å². The summed E-state index contributed by atoms with van der Waals surface area (Å²) in [6.45, 7) is 5.34. The topological polar surface area (TPSA) is 105 Å². The molecule has 0 saturated carbocycles. The van der Waals surface area contributed by atoms with E-state index in [2.05, 4.69) is 21.5 Å². The minimum atomic E-state index is -3.78. The normalized spacial score (nSPS) is 11.6. The van der Waals surface area contributed by atoms with Gasteiger partial charge in [-0.25, -0.2) is 8.42 Å². The average molecular weight is 397 g/mol. The summed E-state index contributed by atoms with van der Waals surface area (Å²) < 4.78 is 31.9. The molecular formula is C20H19N3O4S. The van der Waals surface area contributed by atoms with Gasteiger partial charge in [-0.1, -0.05) is 23.4 Å². The molecule has 0 bridgehead atoms. The number of nitrogens with one attached hydrogen (secondary N) is 1. The second-order valence-electron chi connectivity index (χ2n) is 6.03. The van der Waals surface area contributed by atoms with Crippen LogP contribution in [0.2, 0.25) is 0 Å². The third-order valence-corrected chi connectivity index (χ3v) is 5.25. The Labute approximate surface area is 163 Å². The van der Waals surface area contributed by atoms with Crippen molar-refractivity contribution in [2.45, 2.75) is 18.2 Å². The number of aryl methyl sites for hydroxylation is 1. The molecule has 144 valence electrons. The summed E-state index contributed by atoms with van der Waals surface area (Å²) in [6.07, 6.45) is 3.80. The molecule has 0 saturated heterocycles. The van der Waals surface area contributed by atoms with Crippen LogP contribution in [0.5, 0.6) is 5.75 Å². The van der Waals surface area contributed by atoms with Crippen LogP contribution in [0, 0.1) is 6.92 Å². The highest BCUT2D eigenvalue weighted by atomic mass is 32.2. The molecule has 0 aliphatic carbocycles. The largest absolute Gasteiger partial charge is 0.507 e. The number of phenols is 1. The summed E-state index contributed by atoms with van der Waals surface area (Å²) >= 11 is 0. The fraction of sp³-hybridized carbons (Fsp3) is 0.100. The number of anilines is 1. The molecule has 0 fully saturated rings. The van der Waals surface area contributed by atoms with Gasteiger partial charge in [-0.05, 0) is 49.2 Å². The lowest BCUT2D eigenvalue weighted by Gasteiger charge is -2.06. The zero-order chi connectivity index (χ0) is 20.1. The first kappa shape index (κ1) is 19.4. The molecule has 0 spiro atoms. The Balaban J connectivity index is 1.77. The molecule has 0 aliphatic heterocycles. The molecule has 1 aromatic heterocycles. The van der Waals surface area contributed by atoms with Gasteiger partial charge in [-0.15, -0.1) is 6.58 Å². The van der Waals surface area contributed by atoms with E-state index in [1.54, 1.807) is 31.2 Å². The smallest absolute Gasteiger partial charge is 0.263 e. The molecule has 3 aromatic rings. The number of rotatable bonds is 7. The van der Waals surface area contributed by atoms with Crippen LogP contribution >= 0.6 is 0 Å². The monoisotopic (exact) mass is 397 g/mol. The van der Waals surface area contributed by atoms with Gasteiger partial charge in [0.2, 0.25) is 0 Å². The highest BCUT2D eigenvalue weighted by Gasteiger charge is 2.16. The molecule has 0 aliphatic rings. The lowest BCUT2D eigenvalue weighted by molar-refractivity contribution is 0.400. The fourth-order valence-electron chi connectivity index (χ4n) is 2.50. The Hall–Kier alpha value is -3.39. The lowest BCUT2D eigenvalue weighted by Crippen LogP contribution is -2.12. The van der Waals surface area contributed by atoms with Crippen LogP contribution in [0.1, 0.15) is 16.9 Å². The second-order valence-corrected chi connectivity index (χ2v) is 7.71. The third kappa shape index (κ3) is 4.47. The van der Waals surface area contributed by atoms with E-state index in [9.17, 15) is 13.5 Å². The summed E-state index contributed by atoms with van der Waals surface area (Å²) in [6, 6.07) is 12.9. The average Bonchev–Trinajstić information content (AvgIpc) is 3.07. The number of hydrogen-bond donors (Lipinski definition) is 2. The van der Waals surface area contributed by atoms with Crippen molar-refractivity contribution >= 4 is 27.7 Å². The van der Waals surface area contributed by atoms with Gasteiger partial charge in [0.25, 0.3) is 10.0 Å². The maximum Gasteiger partial charge on any atom is 0.263 e. The molecule has 3 rings (SSSR count). The molecule has 0 radical (unpaired) electrons. The predicted octanol–water partition coefficient (Wildman–Crippen LogP) is 3.97. The van der Waals surface area contributed by atoms with Crippen molar-refractivity contribution < 1.29 is 18.0 Å². The Morgan fingerprint density at radius 3 is 2.64 bits per heavy atom. The molecule has 0 amide bonds. The Kier molecular flexibility index (Phi) is 5.60. The van der Waals surface area contributed by atoms with Crippen molar-refractivity contribution in [1.29, 1.82) is 0 Å². The van der Waals surface area contributed by atoms with Crippen LogP contribution in [-0.2, 0) is 16.4 Å². The number of phenolic OH excluding ortho intramolecular Hbond substituents is 1. The molecular weight excluding hydrogens is 378 g/mol. The van der Waals surface area contributed by atoms with Gasteiger partial charge in [0.05, 0.1) is 10.6 Å². The van der Waals surface area contributed by atoms with Gasteiger partial charge >= 0.3 is 0 Å². The van der Waals surface area contributed by atoms with Crippen LogP contribution in [0.3, 0.4) is 0 Å². The highest BCUT2D eigenvalue weighted by Crippen LogP contribution is 2.23. The van der Waals surface area contributed by atoms with Gasteiger partial charge in [0.15, 0.2) is 5.82 Å². The molecule has 0 atom stereocenters. The van der Waals surface area contributed by atoms with Crippen molar-refractivity contribution in [3.8, 4) is 5.75 Å². The first-order valence-electron chi connectivity index (χ1n) is 8.41. The number of allylic oxidation sites excluding steroid dienone is 1. The highest BCUT2D eigenvalue weighted by molar-refractivity contribution is 7.92. The van der Waals surface area contributed by atoms with E-state index in [1.165, 1.54) is 24.4 Å². The summed E-state index contributed by atoms with van der Waals surface area (Å²) in [5.41, 5.74) is 1.87. The maximum absolute atomic E-state index is 12.4. The quantitative estimate of drug-likeness (QED) is 0.464. The molecule has 28 heavy (non-hydrogen) atoms. The predicted molar refractivity (Wildman–Crippen MR) is 108 cm³/mol. The van der Waals surface area contributed by atoms with Crippen LogP contribution in [0.4, 0.5) is 11.5 Å². The number of hydrogen-bond acceptors (Lipinski definition) is 6. The molecule has 2 N–H and O–H groups in total. The van der Waals surface area contributed by atoms with Crippen LogP contribution in [-0.4, -0.2) is 24.9 Å². The number of aromatic nitrogens is 1. The van der Waals surface area contributed by atoms with E-state index >= 15 is 0 Å². The summed E-state index contributed by atoms with van der Waals surface area (Å²) in [5.74, 6) is 0.773. The molecule has 0 unspecified atom stereocenters. The zero-order valence-electron chi connectivity index (χ0n) is 15.2. The Morgan fingerprint density at radius 1 is 1.25 bits per heavy atom. The van der Waals surface area contributed by atoms with E-state index in [0.29, 0.717) is 23.4 Å². The number of aliphatic imine (C=N–C) groups is 1. The van der Waals surface area contributed by atoms with Gasteiger partial charge in [-0.2, -0.15) is 0 Å². The van der Waals surface area contributed by atoms with Gasteiger partial charge in [-0.3, -0.25) is 9.71 Å². The van der Waals surface area contributed by atoms with Crippen molar-refractivity contribution in [2.24, 2.45) is 4.99 Å². The van der Waals surface area contributed by atoms with Gasteiger partial charge in [0, 0.05) is 17.8 Å². The minimum absolute atomic E-state index is 0.0722. The zero-order valence-corrected chi connectivity index (χ0v) is 16.0. The molecule has 1 heterocycles. The summed E-state index contributed by atoms with van der Waals surface area (Å²) in [4.78, 5) is 4.37. The lowest BCUT2D eigenvalue weighted by atomic mass is 10.1. The Morgan fingerprint density at radius 2 is 2.00 bits per heavy atom. The number of aromatic hydroxyl groups is 1. The van der Waals surface area contributed by atoms with Crippen molar-refractivity contribution in [3.63, 3.8) is 0 Å². The number of nitrogens with zero attached hydrogens (tertiary/aromatic N) is 2. The van der Waals surface area contributed by atoms with E-state index < -0.39 is 10.0 Å². The number of benzene rings is 2. The van der Waals surface area contributed by atoms with Crippen molar-refractivity contribution in [2.75, 3.05) is 4.72 Å². The van der Waals surface area contributed by atoms with E-state index in [0.717, 1.165) is 5.56 Å². The minimum Gasteiger partial charge on any atom is -0.507 e. The van der Waals surface area contributed by atoms with Gasteiger partial charge in [0.1, 0.15) is 11.5 Å². The SMILES string of the molecule is C=CCc1cccc(C=Nc2ccc(S(=O)(=O)Nc3cc(C)on3)cc2)c1O. The van der Waals surface area contributed by atoms with Crippen LogP contribution in [0.15, 0.2) is 75.6 Å². The summed E-state index contributed by atoms with van der Waals surface area (Å²) in [7, 11) is -3.78. The molecule has 2 aromatic carbocycles. The van der Waals surface area contributed by atoms with Crippen molar-refractivity contribution in [3.05, 3.63) is 78.1 Å². The van der Waals surface area contributed by atoms with E-state index in [4.69, 9.17) is 4.52 Å². The van der Waals surface area contributed by atoms with Crippen LogP contribution in [0.25, 0.3) is 0 Å². The number of sulfonamides is 1. The standard InChI is InChI=1S/C20H19N3O4S/c1-3-5-15-6-4-7-16(20(15)24)13-21-17-8-10-18(11-9-17)28(25,26)23-19-12-14(2)27-22-19/h3-4,6-13,24H,1,5H2,2H3,(H,22,23). The molecule has 7 nitrogen and oxygen atoms in total. The second kappa shape index (κ2) is 8.10. The third-order valence-electron chi connectivity index (χ3n) is 3.88. The maximum atomic E-state index is 12.4. The van der Waals surface area contributed by atoms with E-state index in [-0.39, 0.29) is 16.5 Å². The molecule has 8 heteroatoms. The number of para-hydroxylation sites is 1. The van der Waals surface area contributed by atoms with Gasteiger partial charge < -0.3 is 9.63 Å². The first-order chi connectivity index (χ1) is 13.4. The first-order valence-corrected chi connectivity index (χ1v) is 9.89. The Bertz CT molecular complexity index is 1120. The summed E-state index contributed by atoms with van der Waals surface area (Å²) in [5, 5.41) is 13.9. The fourth-order valence-corrected chi connectivity index (χ4v) is 3.49.